The molecule has 0 fully saturated rings. The number of hydrogen-bond acceptors (Lipinski definition) is 3. The largest absolute Gasteiger partial charge is 0.382 e. The quantitative estimate of drug-likeness (QED) is 0.637. The van der Waals surface area contributed by atoms with Gasteiger partial charge in [0.25, 0.3) is 0 Å². The third kappa shape index (κ3) is 1.33. The second-order valence-corrected chi connectivity index (χ2v) is 3.66. The predicted molar refractivity (Wildman–Crippen MR) is 48.2 cm³/mol. The van der Waals surface area contributed by atoms with Crippen LogP contribution in [0.2, 0.25) is 0 Å². The van der Waals surface area contributed by atoms with Crippen LogP contribution in [0.15, 0.2) is 17.2 Å². The van der Waals surface area contributed by atoms with Crippen molar-refractivity contribution in [2.75, 3.05) is 17.6 Å². The molecule has 0 atom stereocenters. The number of fused-ring (bicyclic) bond motifs is 1. The highest BCUT2D eigenvalue weighted by molar-refractivity contribution is 7.99. The first-order valence-corrected chi connectivity index (χ1v) is 4.69. The molecule has 0 bridgehead atoms. The van der Waals surface area contributed by atoms with E-state index in [4.69, 9.17) is 0 Å². The minimum absolute atomic E-state index is 1.06. The van der Waals surface area contributed by atoms with E-state index in [1.165, 1.54) is 5.69 Å². The maximum Gasteiger partial charge on any atom is 0.119 e. The number of thioether (sulfide) groups is 1. The fourth-order valence-corrected chi connectivity index (χ4v) is 2.01. The summed E-state index contributed by atoms with van der Waals surface area (Å²) in [6.45, 7) is 3.08. The van der Waals surface area contributed by atoms with Crippen molar-refractivity contribution in [2.45, 2.75) is 11.9 Å². The number of nitrogens with zero attached hydrogens (tertiary/aromatic N) is 1. The van der Waals surface area contributed by atoms with Crippen molar-refractivity contribution in [3.63, 3.8) is 0 Å². The normalized spacial score (nSPS) is 15.4. The Hall–Kier alpha value is -0.700. The van der Waals surface area contributed by atoms with E-state index in [0.29, 0.717) is 0 Å². The zero-order valence-corrected chi connectivity index (χ0v) is 7.24. The lowest BCUT2D eigenvalue weighted by atomic mass is 10.3. The summed E-state index contributed by atoms with van der Waals surface area (Å²) in [6, 6.07) is 4.14. The van der Waals surface area contributed by atoms with Crippen LogP contribution < -0.4 is 5.32 Å². The van der Waals surface area contributed by atoms with Gasteiger partial charge in [-0.2, -0.15) is 0 Å². The van der Waals surface area contributed by atoms with Gasteiger partial charge in [0, 0.05) is 18.0 Å². The molecule has 0 amide bonds. The molecule has 0 spiro atoms. The standard InChI is InChI=1S/C8H10N2S/c1-6-2-3-7-8(10-6)11-5-4-9-7/h2-3,9H,4-5H2,1H3. The minimum Gasteiger partial charge on any atom is -0.382 e. The second kappa shape index (κ2) is 2.74. The first kappa shape index (κ1) is 6.98. The Bertz CT molecular complexity index is 273. The molecule has 0 aliphatic carbocycles. The first-order chi connectivity index (χ1) is 5.36. The van der Waals surface area contributed by atoms with E-state index in [2.05, 4.69) is 16.4 Å². The van der Waals surface area contributed by atoms with E-state index in [0.717, 1.165) is 23.0 Å². The van der Waals surface area contributed by atoms with Crippen LogP contribution in [-0.2, 0) is 0 Å². The highest BCUT2D eigenvalue weighted by Crippen LogP contribution is 2.28. The number of pyridine rings is 1. The fourth-order valence-electron chi connectivity index (χ4n) is 1.11. The minimum atomic E-state index is 1.06. The Balaban J connectivity index is 2.43. The van der Waals surface area contributed by atoms with Crippen molar-refractivity contribution in [1.29, 1.82) is 0 Å². The predicted octanol–water partition coefficient (Wildman–Crippen LogP) is 1.91. The number of rotatable bonds is 0. The van der Waals surface area contributed by atoms with Gasteiger partial charge < -0.3 is 5.32 Å². The molecule has 58 valence electrons. The summed E-state index contributed by atoms with van der Waals surface area (Å²) in [5.41, 5.74) is 2.28. The number of aromatic nitrogens is 1. The molecule has 0 saturated carbocycles. The SMILES string of the molecule is Cc1ccc2c(n1)SCCN2. The van der Waals surface area contributed by atoms with E-state index in [-0.39, 0.29) is 0 Å². The molecule has 1 aromatic rings. The van der Waals surface area contributed by atoms with Gasteiger partial charge in [-0.1, -0.05) is 0 Å². The van der Waals surface area contributed by atoms with Crippen LogP contribution in [0.25, 0.3) is 0 Å². The lowest BCUT2D eigenvalue weighted by Gasteiger charge is -2.15. The Labute approximate surface area is 70.4 Å². The second-order valence-electron chi connectivity index (χ2n) is 2.58. The fraction of sp³-hybridized carbons (Fsp3) is 0.375. The number of hydrogen-bond donors (Lipinski definition) is 1. The average molecular weight is 166 g/mol. The van der Waals surface area contributed by atoms with Crippen LogP contribution in [-0.4, -0.2) is 17.3 Å². The van der Waals surface area contributed by atoms with Crippen molar-refractivity contribution in [2.24, 2.45) is 0 Å². The smallest absolute Gasteiger partial charge is 0.119 e. The number of nitrogens with one attached hydrogen (secondary N) is 1. The molecule has 0 unspecified atom stereocenters. The van der Waals surface area contributed by atoms with E-state index in [9.17, 15) is 0 Å². The molecule has 2 nitrogen and oxygen atoms in total. The molecule has 1 aliphatic heterocycles. The third-order valence-corrected chi connectivity index (χ3v) is 2.65. The highest BCUT2D eigenvalue weighted by atomic mass is 32.2. The van der Waals surface area contributed by atoms with E-state index in [1.54, 1.807) is 0 Å². The van der Waals surface area contributed by atoms with Gasteiger partial charge in [0.2, 0.25) is 0 Å². The van der Waals surface area contributed by atoms with Crippen LogP contribution in [0, 0.1) is 6.92 Å². The molecule has 2 rings (SSSR count). The van der Waals surface area contributed by atoms with Gasteiger partial charge in [-0.15, -0.1) is 11.8 Å². The van der Waals surface area contributed by atoms with Crippen LogP contribution in [0.5, 0.6) is 0 Å². The van der Waals surface area contributed by atoms with Gasteiger partial charge in [-0.05, 0) is 19.1 Å². The maximum absolute atomic E-state index is 4.41. The van der Waals surface area contributed by atoms with Crippen LogP contribution >= 0.6 is 11.8 Å². The third-order valence-electron chi connectivity index (χ3n) is 1.66. The van der Waals surface area contributed by atoms with Gasteiger partial charge in [0.1, 0.15) is 5.03 Å². The summed E-state index contributed by atoms with van der Waals surface area (Å²) < 4.78 is 0. The summed E-state index contributed by atoms with van der Waals surface area (Å²) in [5.74, 6) is 1.13. The molecule has 11 heavy (non-hydrogen) atoms. The summed E-state index contributed by atoms with van der Waals surface area (Å²) in [7, 11) is 0. The first-order valence-electron chi connectivity index (χ1n) is 3.70. The average Bonchev–Trinajstić information content (AvgIpc) is 2.04. The molecule has 3 heteroatoms. The summed E-state index contributed by atoms with van der Waals surface area (Å²) in [6.07, 6.45) is 0. The molecule has 1 aromatic heterocycles. The van der Waals surface area contributed by atoms with Crippen molar-refractivity contribution in [3.05, 3.63) is 17.8 Å². The Morgan fingerprint density at radius 2 is 2.45 bits per heavy atom. The van der Waals surface area contributed by atoms with Crippen LogP contribution in [0.3, 0.4) is 0 Å². The van der Waals surface area contributed by atoms with Crippen molar-refractivity contribution < 1.29 is 0 Å². The lowest BCUT2D eigenvalue weighted by Crippen LogP contribution is -2.11. The van der Waals surface area contributed by atoms with Crippen molar-refractivity contribution >= 4 is 17.4 Å². The molecule has 1 aliphatic rings. The number of anilines is 1. The topological polar surface area (TPSA) is 24.9 Å². The molecule has 1 N–H and O–H groups in total. The molecular weight excluding hydrogens is 156 g/mol. The zero-order chi connectivity index (χ0) is 7.68. The highest BCUT2D eigenvalue weighted by Gasteiger charge is 2.08. The Kier molecular flexibility index (Phi) is 1.74. The lowest BCUT2D eigenvalue weighted by molar-refractivity contribution is 1.03. The Morgan fingerprint density at radius 3 is 3.36 bits per heavy atom. The van der Waals surface area contributed by atoms with E-state index >= 15 is 0 Å². The molecule has 2 heterocycles. The molecule has 0 aromatic carbocycles. The summed E-state index contributed by atoms with van der Waals surface area (Å²) >= 11 is 1.83. The van der Waals surface area contributed by atoms with Crippen molar-refractivity contribution in [3.8, 4) is 0 Å². The van der Waals surface area contributed by atoms with E-state index in [1.807, 2.05) is 24.8 Å². The molecular formula is C8H10N2S. The van der Waals surface area contributed by atoms with Gasteiger partial charge >= 0.3 is 0 Å². The molecule has 0 saturated heterocycles. The van der Waals surface area contributed by atoms with Gasteiger partial charge in [-0.3, -0.25) is 0 Å². The van der Waals surface area contributed by atoms with Gasteiger partial charge in [-0.25, -0.2) is 4.98 Å². The number of aryl methyl sites for hydroxylation is 1. The van der Waals surface area contributed by atoms with Crippen molar-refractivity contribution in [1.82, 2.24) is 4.98 Å². The van der Waals surface area contributed by atoms with Gasteiger partial charge in [0.05, 0.1) is 5.69 Å². The summed E-state index contributed by atoms with van der Waals surface area (Å²) in [4.78, 5) is 4.41. The Morgan fingerprint density at radius 1 is 1.55 bits per heavy atom. The van der Waals surface area contributed by atoms with E-state index < -0.39 is 0 Å². The zero-order valence-electron chi connectivity index (χ0n) is 6.42. The van der Waals surface area contributed by atoms with Crippen LogP contribution in [0.1, 0.15) is 5.69 Å². The maximum atomic E-state index is 4.41. The molecule has 0 radical (unpaired) electrons. The van der Waals surface area contributed by atoms with Crippen LogP contribution in [0.4, 0.5) is 5.69 Å². The monoisotopic (exact) mass is 166 g/mol. The van der Waals surface area contributed by atoms with Gasteiger partial charge in [0.15, 0.2) is 0 Å². The summed E-state index contributed by atoms with van der Waals surface area (Å²) in [5, 5.41) is 4.46.